The average molecular weight is 1260 g/mol. The minimum Gasteiger partial charge on any atom is -0.507 e. The Balaban J connectivity index is 1.12. The molecule has 0 heterocycles. The summed E-state index contributed by atoms with van der Waals surface area (Å²) in [6.07, 6.45) is 3.78. The normalized spacial score (nSPS) is 12.3. The number of para-hydroxylation sites is 6. The minimum absolute atomic E-state index is 0.000176. The van der Waals surface area contributed by atoms with E-state index in [0.29, 0.717) is 81.4 Å². The monoisotopic (exact) mass is 1250 g/mol. The number of nitrogens with zero attached hydrogens (tertiary/aromatic N) is 6. The summed E-state index contributed by atoms with van der Waals surface area (Å²) in [7, 11) is 0. The van der Waals surface area contributed by atoms with E-state index in [1.54, 1.807) is 109 Å². The van der Waals surface area contributed by atoms with Crippen molar-refractivity contribution in [3.8, 4) is 34.5 Å². The number of phenolic OH excluding ortho intramolecular Hbond substituents is 6. The van der Waals surface area contributed by atoms with Crippen LogP contribution < -0.4 is 0 Å². The van der Waals surface area contributed by atoms with Crippen molar-refractivity contribution in [2.24, 2.45) is 30.0 Å². The predicted molar refractivity (Wildman–Crippen MR) is 335 cm³/mol. The molecule has 0 bridgehead atoms. The molecule has 0 aliphatic rings. The van der Waals surface area contributed by atoms with E-state index in [1.807, 2.05) is 109 Å². The first-order valence-corrected chi connectivity index (χ1v) is 27.4. The van der Waals surface area contributed by atoms with E-state index in [2.05, 4.69) is 47.8 Å². The molecule has 0 fully saturated rings. The summed E-state index contributed by atoms with van der Waals surface area (Å²) < 4.78 is 2.05. The van der Waals surface area contributed by atoms with Crippen LogP contribution in [0.15, 0.2) is 262 Å². The summed E-state index contributed by atoms with van der Waals surface area (Å²) in [5.41, 5.74) is 6.51. The first-order valence-electron chi connectivity index (χ1n) is 25.0. The molecule has 0 aliphatic heterocycles. The van der Waals surface area contributed by atoms with Gasteiger partial charge in [-0.25, -0.2) is 15.0 Å². The number of hydrogen-bond acceptors (Lipinski definition) is 12. The fourth-order valence-corrected chi connectivity index (χ4v) is 9.70. The van der Waals surface area contributed by atoms with Crippen molar-refractivity contribution in [1.82, 2.24) is 0 Å². The van der Waals surface area contributed by atoms with Crippen molar-refractivity contribution in [3.05, 3.63) is 282 Å². The molecule has 10 aromatic rings. The minimum atomic E-state index is -0.571. The maximum atomic E-state index is 12.2. The summed E-state index contributed by atoms with van der Waals surface area (Å²) in [5, 5.41) is 70.2. The maximum Gasteiger partial charge on any atom is 0.140 e. The zero-order valence-corrected chi connectivity index (χ0v) is 47.3. The summed E-state index contributed by atoms with van der Waals surface area (Å²) in [6.45, 7) is 0. The van der Waals surface area contributed by atoms with Crippen LogP contribution >= 0.6 is 47.8 Å². The van der Waals surface area contributed by atoms with Gasteiger partial charge in [0, 0.05) is 65.4 Å². The van der Waals surface area contributed by atoms with Gasteiger partial charge in [0.25, 0.3) is 0 Å². The van der Waals surface area contributed by atoms with Crippen molar-refractivity contribution < 1.29 is 30.6 Å². The maximum absolute atomic E-state index is 12.2. The smallest absolute Gasteiger partial charge is 0.140 e. The van der Waals surface area contributed by atoms with Crippen molar-refractivity contribution >= 4 is 118 Å². The van der Waals surface area contributed by atoms with Crippen molar-refractivity contribution in [2.75, 3.05) is 0 Å². The number of rotatable bonds is 15. The summed E-state index contributed by atoms with van der Waals surface area (Å²) in [6, 6.07) is 64.7. The third-order valence-electron chi connectivity index (χ3n) is 12.7. The molecule has 0 saturated carbocycles. The van der Waals surface area contributed by atoms with Gasteiger partial charge in [0.05, 0.1) is 67.9 Å². The van der Waals surface area contributed by atoms with Crippen molar-refractivity contribution in [2.45, 2.75) is 0 Å². The Morgan fingerprint density at radius 1 is 0.284 bits per heavy atom. The van der Waals surface area contributed by atoms with Crippen LogP contribution in [0.5, 0.6) is 34.5 Å². The molecule has 0 saturated heterocycles. The Kier molecular flexibility index (Phi) is 17.0. The molecule has 0 radical (unpaired) electrons. The van der Waals surface area contributed by atoms with Gasteiger partial charge in [0.15, 0.2) is 0 Å². The molecule has 81 heavy (non-hydrogen) atoms. The van der Waals surface area contributed by atoms with E-state index < -0.39 is 17.2 Å². The highest BCUT2D eigenvalue weighted by Gasteiger charge is 2.23. The summed E-state index contributed by atoms with van der Waals surface area (Å²) in [4.78, 5) is 29.5. The third-order valence-corrected chi connectivity index (χ3v) is 14.1. The van der Waals surface area contributed by atoms with E-state index in [-0.39, 0.29) is 33.9 Å². The molecule has 6 N–H and O–H groups in total. The molecule has 0 amide bonds. The number of hydrogen-bond donors (Lipinski definition) is 6. The quantitative estimate of drug-likeness (QED) is 0.0553. The Bertz CT molecular complexity index is 3720. The van der Waals surface area contributed by atoms with Gasteiger partial charge in [0.1, 0.15) is 34.5 Å². The molecular formula is C66H45Br3N6O6. The van der Waals surface area contributed by atoms with Gasteiger partial charge < -0.3 is 30.6 Å². The lowest BCUT2D eigenvalue weighted by molar-refractivity contribution is 0.424. The lowest BCUT2D eigenvalue weighted by atomic mass is 10.0. The third kappa shape index (κ3) is 12.7. The van der Waals surface area contributed by atoms with E-state index in [9.17, 15) is 30.6 Å². The summed E-state index contributed by atoms with van der Waals surface area (Å²) >= 11 is 10.3. The number of aromatic hydroxyl groups is 6. The Labute approximate surface area is 491 Å². The van der Waals surface area contributed by atoms with Crippen LogP contribution in [0.1, 0.15) is 50.1 Å². The van der Waals surface area contributed by atoms with Crippen LogP contribution in [0, 0.1) is 0 Å². The van der Waals surface area contributed by atoms with E-state index in [4.69, 9.17) is 30.0 Å². The second-order valence-electron chi connectivity index (χ2n) is 18.0. The van der Waals surface area contributed by atoms with Crippen molar-refractivity contribution in [3.63, 3.8) is 0 Å². The number of benzene rings is 10. The highest BCUT2D eigenvalue weighted by Crippen LogP contribution is 2.43. The van der Waals surface area contributed by atoms with Crippen LogP contribution in [0.25, 0.3) is 0 Å². The van der Waals surface area contributed by atoms with Crippen LogP contribution in [-0.2, 0) is 0 Å². The molecule has 0 aliphatic carbocycles. The van der Waals surface area contributed by atoms with Gasteiger partial charge in [-0.3, -0.25) is 15.0 Å². The lowest BCUT2D eigenvalue weighted by Crippen LogP contribution is -2.03. The Morgan fingerprint density at radius 3 is 0.765 bits per heavy atom. The first kappa shape index (κ1) is 54.8. The lowest BCUT2D eigenvalue weighted by Gasteiger charge is -2.14. The zero-order valence-electron chi connectivity index (χ0n) is 42.5. The van der Waals surface area contributed by atoms with Gasteiger partial charge in [-0.05, 0) is 91.0 Å². The molecule has 10 rings (SSSR count). The van der Waals surface area contributed by atoms with E-state index in [0.717, 1.165) is 16.7 Å². The SMILES string of the molecule is Oc1cc(Br)ccc1C(=Nc1ccccc1N=Cc1c(O)c(C=Nc2ccccc2N=C(c2ccccc2)c2ccc(Br)cc2O)c(O)c(C=Nc2ccccc2N=C(c2ccccc2)c2ccc(Br)cc2O)c1O)c1ccccc1. The Hall–Kier alpha value is -9.54. The molecule has 396 valence electrons. The van der Waals surface area contributed by atoms with Gasteiger partial charge in [-0.2, -0.15) is 0 Å². The zero-order chi connectivity index (χ0) is 56.4. The predicted octanol–water partition coefficient (Wildman–Crippen LogP) is 17.0. The van der Waals surface area contributed by atoms with Gasteiger partial charge >= 0.3 is 0 Å². The second-order valence-corrected chi connectivity index (χ2v) is 20.7. The standard InChI is InChI=1S/C66H45Br3N6O6/c67-43-28-31-46(58(76)34-43)61(40-16-4-1-5-17-40)73-55-25-13-10-22-52(55)70-37-49-64(79)50(38-71-53-23-11-14-26-56(53)74-62(41-18-6-2-7-19-41)47-32-29-44(68)35-59(47)77)66(81)51(65(49)80)39-72-54-24-12-15-27-57(54)75-63(42-20-8-3-9-21-42)48-33-30-45(69)36-60(48)78/h1-39,76-81H. The fourth-order valence-electron chi connectivity index (χ4n) is 8.65. The highest BCUT2D eigenvalue weighted by atomic mass is 79.9. The van der Waals surface area contributed by atoms with Crippen LogP contribution in [0.2, 0.25) is 0 Å². The van der Waals surface area contributed by atoms with Gasteiger partial charge in [-0.15, -0.1) is 0 Å². The number of halogens is 3. The summed E-state index contributed by atoms with van der Waals surface area (Å²) in [5.74, 6) is -1.71. The van der Waals surface area contributed by atoms with Crippen LogP contribution in [0.3, 0.4) is 0 Å². The largest absolute Gasteiger partial charge is 0.507 e. The number of phenols is 6. The molecule has 0 spiro atoms. The van der Waals surface area contributed by atoms with Gasteiger partial charge in [-0.1, -0.05) is 175 Å². The second kappa shape index (κ2) is 25.1. The van der Waals surface area contributed by atoms with Crippen LogP contribution in [0.4, 0.5) is 34.1 Å². The van der Waals surface area contributed by atoms with Gasteiger partial charge in [0.2, 0.25) is 0 Å². The average Bonchev–Trinajstić information content (AvgIpc) is 3.60. The topological polar surface area (TPSA) is 196 Å². The molecule has 0 atom stereocenters. The molecule has 10 aromatic carbocycles. The molecule has 12 nitrogen and oxygen atoms in total. The number of aliphatic imine (C=N–C) groups is 6. The van der Waals surface area contributed by atoms with E-state index in [1.165, 1.54) is 18.6 Å². The molecular weight excluding hydrogens is 1210 g/mol. The van der Waals surface area contributed by atoms with Crippen molar-refractivity contribution in [1.29, 1.82) is 0 Å². The van der Waals surface area contributed by atoms with Crippen LogP contribution in [-0.4, -0.2) is 66.4 Å². The fraction of sp³-hybridized carbons (Fsp3) is 0. The molecule has 15 heteroatoms. The first-order chi connectivity index (χ1) is 39.4. The Morgan fingerprint density at radius 2 is 0.519 bits per heavy atom. The molecule has 0 unspecified atom stereocenters. The highest BCUT2D eigenvalue weighted by molar-refractivity contribution is 9.11. The molecule has 0 aromatic heterocycles. The van der Waals surface area contributed by atoms with E-state index >= 15 is 0 Å².